The van der Waals surface area contributed by atoms with Crippen molar-refractivity contribution in [1.29, 1.82) is 0 Å². The minimum atomic E-state index is -0.550. The number of para-hydroxylation sites is 1. The second kappa shape index (κ2) is 9.65. The van der Waals surface area contributed by atoms with Gasteiger partial charge in [0.25, 0.3) is 5.91 Å². The summed E-state index contributed by atoms with van der Waals surface area (Å²) >= 11 is 6.23. The van der Waals surface area contributed by atoms with Gasteiger partial charge >= 0.3 is 5.97 Å². The molecule has 0 aromatic heterocycles. The Balaban J connectivity index is 2.13. The zero-order valence-corrected chi connectivity index (χ0v) is 18.1. The first-order chi connectivity index (χ1) is 13.7. The number of carbonyl (C=O) groups excluding carboxylic acids is 2. The van der Waals surface area contributed by atoms with Gasteiger partial charge in [0.1, 0.15) is 17.1 Å². The lowest BCUT2D eigenvalue weighted by atomic mass is 9.86. The van der Waals surface area contributed by atoms with Gasteiger partial charge in [-0.1, -0.05) is 50.6 Å². The van der Waals surface area contributed by atoms with Gasteiger partial charge in [0.2, 0.25) is 0 Å². The van der Waals surface area contributed by atoms with Crippen LogP contribution in [0, 0.1) is 0 Å². The summed E-state index contributed by atoms with van der Waals surface area (Å²) in [5.74, 6) is -0.0357. The van der Waals surface area contributed by atoms with E-state index in [9.17, 15) is 9.59 Å². The molecule has 0 radical (unpaired) electrons. The van der Waals surface area contributed by atoms with Gasteiger partial charge in [-0.3, -0.25) is 4.79 Å². The van der Waals surface area contributed by atoms with Gasteiger partial charge in [0.05, 0.1) is 24.4 Å². The smallest absolute Gasteiger partial charge is 0.341 e. The Morgan fingerprint density at radius 1 is 1.10 bits per heavy atom. The highest BCUT2D eigenvalue weighted by Gasteiger charge is 2.20. The fraction of sp³-hybridized carbons (Fsp3) is 0.364. The van der Waals surface area contributed by atoms with E-state index in [-0.39, 0.29) is 40.9 Å². The number of ether oxygens (including phenoxy) is 3. The molecule has 0 fully saturated rings. The van der Waals surface area contributed by atoms with Crippen LogP contribution >= 0.6 is 11.6 Å². The molecular weight excluding hydrogens is 394 g/mol. The summed E-state index contributed by atoms with van der Waals surface area (Å²) in [6, 6.07) is 10.5. The lowest BCUT2D eigenvalue weighted by molar-refractivity contribution is -0.118. The van der Waals surface area contributed by atoms with Crippen molar-refractivity contribution in [3.05, 3.63) is 52.5 Å². The molecule has 0 bridgehead atoms. The minimum Gasteiger partial charge on any atom is -0.496 e. The van der Waals surface area contributed by atoms with Crippen LogP contribution in [0.15, 0.2) is 36.4 Å². The largest absolute Gasteiger partial charge is 0.496 e. The summed E-state index contributed by atoms with van der Waals surface area (Å²) in [5, 5.41) is 2.88. The average molecular weight is 420 g/mol. The molecule has 0 atom stereocenters. The second-order valence-corrected chi connectivity index (χ2v) is 7.74. The van der Waals surface area contributed by atoms with E-state index in [0.29, 0.717) is 11.4 Å². The monoisotopic (exact) mass is 419 g/mol. The van der Waals surface area contributed by atoms with Crippen molar-refractivity contribution in [2.24, 2.45) is 0 Å². The normalized spacial score (nSPS) is 11.0. The van der Waals surface area contributed by atoms with E-state index >= 15 is 0 Å². The molecule has 0 saturated heterocycles. The molecule has 6 nitrogen and oxygen atoms in total. The van der Waals surface area contributed by atoms with Crippen molar-refractivity contribution in [1.82, 2.24) is 0 Å². The van der Waals surface area contributed by atoms with Crippen LogP contribution in [-0.2, 0) is 14.9 Å². The first-order valence-corrected chi connectivity index (χ1v) is 9.62. The molecular formula is C22H26ClNO5. The lowest BCUT2D eigenvalue weighted by Crippen LogP contribution is -2.22. The summed E-state index contributed by atoms with van der Waals surface area (Å²) < 4.78 is 15.9. The number of amides is 1. The number of esters is 1. The van der Waals surface area contributed by atoms with Gasteiger partial charge < -0.3 is 19.5 Å². The fourth-order valence-corrected chi connectivity index (χ4v) is 2.94. The highest BCUT2D eigenvalue weighted by Crippen LogP contribution is 2.32. The molecule has 1 amide bonds. The summed E-state index contributed by atoms with van der Waals surface area (Å²) in [7, 11) is 1.42. The molecule has 0 aliphatic heterocycles. The second-order valence-electron chi connectivity index (χ2n) is 7.34. The third-order valence-corrected chi connectivity index (χ3v) is 4.43. The van der Waals surface area contributed by atoms with E-state index in [2.05, 4.69) is 26.1 Å². The molecule has 0 saturated carbocycles. The topological polar surface area (TPSA) is 73.9 Å². The van der Waals surface area contributed by atoms with Crippen molar-refractivity contribution in [3.63, 3.8) is 0 Å². The van der Waals surface area contributed by atoms with Crippen LogP contribution in [0.1, 0.15) is 43.6 Å². The van der Waals surface area contributed by atoms with Crippen LogP contribution in [0.3, 0.4) is 0 Å². The van der Waals surface area contributed by atoms with E-state index in [4.69, 9.17) is 25.8 Å². The Bertz CT molecular complexity index is 889. The molecule has 0 aliphatic carbocycles. The van der Waals surface area contributed by atoms with Gasteiger partial charge in [0, 0.05) is 6.07 Å². The molecule has 2 aromatic carbocycles. The Labute approximate surface area is 176 Å². The van der Waals surface area contributed by atoms with Crippen LogP contribution in [0.25, 0.3) is 0 Å². The van der Waals surface area contributed by atoms with Crippen molar-refractivity contribution in [2.45, 2.75) is 33.1 Å². The van der Waals surface area contributed by atoms with E-state index in [0.717, 1.165) is 5.56 Å². The number of benzene rings is 2. The standard InChI is InChI=1S/C22H26ClNO5/c1-6-28-21(26)14-11-16(23)17(12-19(14)27-5)24-20(25)13-29-18-10-8-7-9-15(18)22(2,3)4/h7-12H,6,13H2,1-5H3,(H,24,25). The third kappa shape index (κ3) is 5.87. The van der Waals surface area contributed by atoms with Crippen LogP contribution in [0.4, 0.5) is 5.69 Å². The molecule has 7 heteroatoms. The van der Waals surface area contributed by atoms with E-state index in [1.54, 1.807) is 6.92 Å². The SMILES string of the molecule is CCOC(=O)c1cc(Cl)c(NC(=O)COc2ccccc2C(C)(C)C)cc1OC. The van der Waals surface area contributed by atoms with Gasteiger partial charge in [-0.15, -0.1) is 0 Å². The summed E-state index contributed by atoms with van der Waals surface area (Å²) in [6.07, 6.45) is 0. The van der Waals surface area contributed by atoms with Crippen LogP contribution in [0.2, 0.25) is 5.02 Å². The van der Waals surface area contributed by atoms with E-state index in [1.165, 1.54) is 19.2 Å². The molecule has 0 aliphatic rings. The molecule has 0 unspecified atom stereocenters. The highest BCUT2D eigenvalue weighted by molar-refractivity contribution is 6.34. The van der Waals surface area contributed by atoms with Crippen molar-refractivity contribution in [3.8, 4) is 11.5 Å². The maximum absolute atomic E-state index is 12.4. The van der Waals surface area contributed by atoms with Gasteiger partial charge in [0.15, 0.2) is 6.61 Å². The Morgan fingerprint density at radius 2 is 1.79 bits per heavy atom. The zero-order chi connectivity index (χ0) is 21.6. The number of rotatable bonds is 7. The van der Waals surface area contributed by atoms with Crippen LogP contribution < -0.4 is 14.8 Å². The van der Waals surface area contributed by atoms with Crippen LogP contribution in [-0.4, -0.2) is 32.2 Å². The van der Waals surface area contributed by atoms with Gasteiger partial charge in [-0.2, -0.15) is 0 Å². The van der Waals surface area contributed by atoms with Crippen molar-refractivity contribution >= 4 is 29.2 Å². The number of hydrogen-bond acceptors (Lipinski definition) is 5. The predicted molar refractivity (Wildman–Crippen MR) is 113 cm³/mol. The summed E-state index contributed by atoms with van der Waals surface area (Å²) in [5.41, 5.74) is 1.39. The first-order valence-electron chi connectivity index (χ1n) is 9.24. The number of halogens is 1. The highest BCUT2D eigenvalue weighted by atomic mass is 35.5. The van der Waals surface area contributed by atoms with Crippen molar-refractivity contribution in [2.75, 3.05) is 25.6 Å². The molecule has 156 valence electrons. The Kier molecular flexibility index (Phi) is 7.51. The molecule has 1 N–H and O–H groups in total. The number of hydrogen-bond donors (Lipinski definition) is 1. The van der Waals surface area contributed by atoms with E-state index in [1.807, 2.05) is 24.3 Å². The first kappa shape index (κ1) is 22.6. The number of nitrogens with one attached hydrogen (secondary N) is 1. The molecule has 0 heterocycles. The van der Waals surface area contributed by atoms with Crippen molar-refractivity contribution < 1.29 is 23.8 Å². The third-order valence-electron chi connectivity index (χ3n) is 4.11. The van der Waals surface area contributed by atoms with Gasteiger partial charge in [-0.05, 0) is 30.0 Å². The number of anilines is 1. The molecule has 29 heavy (non-hydrogen) atoms. The fourth-order valence-electron chi connectivity index (χ4n) is 2.73. The van der Waals surface area contributed by atoms with Gasteiger partial charge in [-0.25, -0.2) is 4.79 Å². The maximum atomic E-state index is 12.4. The molecule has 2 aromatic rings. The van der Waals surface area contributed by atoms with Crippen LogP contribution in [0.5, 0.6) is 11.5 Å². The van der Waals surface area contributed by atoms with E-state index < -0.39 is 5.97 Å². The minimum absolute atomic E-state index is 0.118. The lowest BCUT2D eigenvalue weighted by Gasteiger charge is -2.22. The predicted octanol–water partition coefficient (Wildman–Crippen LogP) is 4.84. The quantitative estimate of drug-likeness (QED) is 0.650. The Hall–Kier alpha value is -2.73. The summed E-state index contributed by atoms with van der Waals surface area (Å²) in [6.45, 7) is 7.97. The number of carbonyl (C=O) groups is 2. The zero-order valence-electron chi connectivity index (χ0n) is 17.3. The molecule has 0 spiro atoms. The summed E-state index contributed by atoms with van der Waals surface area (Å²) in [4.78, 5) is 24.4. The average Bonchev–Trinajstić information content (AvgIpc) is 2.67. The molecule has 2 rings (SSSR count). The number of methoxy groups -OCH3 is 1. The maximum Gasteiger partial charge on any atom is 0.341 e. The Morgan fingerprint density at radius 3 is 2.41 bits per heavy atom.